The minimum atomic E-state index is -0.840. The van der Waals surface area contributed by atoms with Gasteiger partial charge < -0.3 is 29.4 Å². The van der Waals surface area contributed by atoms with Crippen LogP contribution in [0.1, 0.15) is 64.6 Å². The number of ether oxygens (including phenoxy) is 2. The number of hydrogen-bond acceptors (Lipinski definition) is 7. The van der Waals surface area contributed by atoms with E-state index in [1.54, 1.807) is 28.6 Å². The Balaban J connectivity index is 1.11. The third-order valence-electron chi connectivity index (χ3n) is 10.3. The number of amides is 2. The Labute approximate surface area is 310 Å². The molecule has 0 bridgehead atoms. The highest BCUT2D eigenvalue weighted by Crippen LogP contribution is 2.46. The van der Waals surface area contributed by atoms with Crippen molar-refractivity contribution in [3.05, 3.63) is 92.2 Å². The predicted molar refractivity (Wildman–Crippen MR) is 194 cm³/mol. The molecule has 1 aromatic heterocycles. The molecular formula is C38H38Cl2FN5O6. The molecule has 1 fully saturated rings. The van der Waals surface area contributed by atoms with Crippen molar-refractivity contribution in [2.24, 2.45) is 13.0 Å². The van der Waals surface area contributed by atoms with Crippen LogP contribution >= 0.6 is 23.2 Å². The number of carboxylic acid groups (broad SMARTS) is 1. The van der Waals surface area contributed by atoms with Gasteiger partial charge in [0.1, 0.15) is 6.10 Å². The molecule has 11 nitrogen and oxygen atoms in total. The van der Waals surface area contributed by atoms with Gasteiger partial charge in [-0.25, -0.2) is 4.98 Å². The van der Waals surface area contributed by atoms with E-state index in [1.807, 2.05) is 35.2 Å². The van der Waals surface area contributed by atoms with E-state index in [0.29, 0.717) is 80.4 Å². The highest BCUT2D eigenvalue weighted by atomic mass is 35.5. The SMILES string of the molecule is COc1c(CN2CCC(C(=O)O)C2)cc(Cl)c(OC2CCc3c(-c4cccc(NC(=O)c5nc6c(n5C)CCN(C(C)=O)C6)c4Cl)cccc32)c1F. The number of carbonyl (C=O) groups excluding carboxylic acids is 2. The molecule has 2 N–H and O–H groups in total. The van der Waals surface area contributed by atoms with Crippen LogP contribution < -0.4 is 14.8 Å². The third kappa shape index (κ3) is 6.59. The number of carboxylic acids is 1. The quantitative estimate of drug-likeness (QED) is 0.194. The van der Waals surface area contributed by atoms with E-state index < -0.39 is 29.7 Å². The highest BCUT2D eigenvalue weighted by Gasteiger charge is 2.33. The zero-order valence-corrected chi connectivity index (χ0v) is 30.5. The molecule has 0 spiro atoms. The average molecular weight is 751 g/mol. The lowest BCUT2D eigenvalue weighted by Gasteiger charge is -2.25. The highest BCUT2D eigenvalue weighted by molar-refractivity contribution is 6.36. The first-order valence-corrected chi connectivity index (χ1v) is 17.9. The van der Waals surface area contributed by atoms with E-state index in [9.17, 15) is 19.5 Å². The van der Waals surface area contributed by atoms with Crippen molar-refractivity contribution in [2.75, 3.05) is 32.1 Å². The number of hydrogen-bond donors (Lipinski definition) is 2. The monoisotopic (exact) mass is 749 g/mol. The van der Waals surface area contributed by atoms with E-state index in [4.69, 9.17) is 32.7 Å². The van der Waals surface area contributed by atoms with Gasteiger partial charge in [-0.3, -0.25) is 19.3 Å². The number of nitrogens with one attached hydrogen (secondary N) is 1. The largest absolute Gasteiger partial charge is 0.493 e. The number of anilines is 1. The molecular weight excluding hydrogens is 712 g/mol. The van der Waals surface area contributed by atoms with Gasteiger partial charge in [-0.15, -0.1) is 0 Å². The fourth-order valence-electron chi connectivity index (χ4n) is 7.65. The molecule has 52 heavy (non-hydrogen) atoms. The van der Waals surface area contributed by atoms with Crippen LogP contribution in [-0.4, -0.2) is 69.0 Å². The first kappa shape index (κ1) is 35.7. The van der Waals surface area contributed by atoms with Crippen LogP contribution in [0, 0.1) is 11.7 Å². The van der Waals surface area contributed by atoms with Gasteiger partial charge in [-0.1, -0.05) is 53.5 Å². The van der Waals surface area contributed by atoms with Crippen LogP contribution in [0.25, 0.3) is 11.1 Å². The van der Waals surface area contributed by atoms with Crippen molar-refractivity contribution in [2.45, 2.75) is 51.8 Å². The zero-order valence-electron chi connectivity index (χ0n) is 29.0. The van der Waals surface area contributed by atoms with Gasteiger partial charge in [0.05, 0.1) is 41.0 Å². The second-order valence-corrected chi connectivity index (χ2v) is 14.3. The van der Waals surface area contributed by atoms with E-state index in [1.165, 1.54) is 14.0 Å². The van der Waals surface area contributed by atoms with Crippen molar-refractivity contribution in [3.8, 4) is 22.6 Å². The number of benzene rings is 3. The van der Waals surface area contributed by atoms with Crippen LogP contribution in [0.4, 0.5) is 10.1 Å². The topological polar surface area (TPSA) is 126 Å². The predicted octanol–water partition coefficient (Wildman–Crippen LogP) is 6.67. The number of aliphatic carboxylic acids is 1. The van der Waals surface area contributed by atoms with Gasteiger partial charge in [0, 0.05) is 56.8 Å². The number of halogens is 3. The smallest absolute Gasteiger partial charge is 0.307 e. The molecule has 3 aliphatic rings. The molecule has 272 valence electrons. The Hall–Kier alpha value is -4.65. The molecule has 0 radical (unpaired) electrons. The molecule has 3 heterocycles. The lowest BCUT2D eigenvalue weighted by atomic mass is 9.96. The summed E-state index contributed by atoms with van der Waals surface area (Å²) >= 11 is 13.6. The first-order valence-electron chi connectivity index (χ1n) is 17.1. The van der Waals surface area contributed by atoms with Crippen LogP contribution in [0.2, 0.25) is 10.0 Å². The van der Waals surface area contributed by atoms with Crippen molar-refractivity contribution >= 4 is 46.7 Å². The number of nitrogens with zero attached hydrogens (tertiary/aromatic N) is 4. The summed E-state index contributed by atoms with van der Waals surface area (Å²) in [5, 5.41) is 12.8. The Morgan fingerprint density at radius 1 is 1.06 bits per heavy atom. The second kappa shape index (κ2) is 14.4. The first-order chi connectivity index (χ1) is 24.9. The Kier molecular flexibility index (Phi) is 9.90. The van der Waals surface area contributed by atoms with Crippen LogP contribution in [-0.2, 0) is 42.6 Å². The summed E-state index contributed by atoms with van der Waals surface area (Å²) in [6, 6.07) is 12.9. The number of likely N-dealkylation sites (tertiary alicyclic amines) is 1. The molecule has 3 aromatic carbocycles. The summed E-state index contributed by atoms with van der Waals surface area (Å²) in [6.45, 7) is 3.69. The summed E-state index contributed by atoms with van der Waals surface area (Å²) in [5.41, 5.74) is 6.02. The van der Waals surface area contributed by atoms with Crippen molar-refractivity contribution < 1.29 is 33.4 Å². The summed E-state index contributed by atoms with van der Waals surface area (Å²) in [6.07, 6.45) is 1.84. The molecule has 2 aliphatic heterocycles. The van der Waals surface area contributed by atoms with Gasteiger partial charge in [-0.05, 0) is 54.6 Å². The van der Waals surface area contributed by atoms with E-state index in [2.05, 4.69) is 10.3 Å². The maximum absolute atomic E-state index is 16.0. The molecule has 1 aliphatic carbocycles. The molecule has 0 saturated carbocycles. The standard InChI is InChI=1S/C38H38Cl2FN5O6/c1-20(47)46-15-13-30-29(19-46)42-36(44(30)2)37(48)43-28-9-5-8-26(32(28)40)23-6-4-7-25-24(23)10-11-31(25)52-35-27(39)16-22(34(51-3)33(35)41)18-45-14-12-21(17-45)38(49)50/h4-9,16,21,31H,10-15,17-19H2,1-3H3,(H,43,48)(H,49,50). The number of fused-ring (bicyclic) bond motifs is 2. The Morgan fingerprint density at radius 2 is 1.83 bits per heavy atom. The number of imidazole rings is 1. The van der Waals surface area contributed by atoms with Crippen molar-refractivity contribution in [1.29, 1.82) is 0 Å². The summed E-state index contributed by atoms with van der Waals surface area (Å²) in [7, 11) is 3.18. The lowest BCUT2D eigenvalue weighted by Crippen LogP contribution is -2.34. The van der Waals surface area contributed by atoms with Gasteiger partial charge in [-0.2, -0.15) is 4.39 Å². The fraction of sp³-hybridized carbons (Fsp3) is 0.368. The third-order valence-corrected chi connectivity index (χ3v) is 11.0. The normalized spacial score (nSPS) is 18.2. The van der Waals surface area contributed by atoms with Crippen molar-refractivity contribution in [1.82, 2.24) is 19.4 Å². The van der Waals surface area contributed by atoms with Gasteiger partial charge >= 0.3 is 5.97 Å². The average Bonchev–Trinajstić information content (AvgIpc) is 3.85. The number of methoxy groups -OCH3 is 1. The number of carbonyl (C=O) groups is 3. The summed E-state index contributed by atoms with van der Waals surface area (Å²) in [5.74, 6) is -2.32. The van der Waals surface area contributed by atoms with Crippen molar-refractivity contribution in [3.63, 3.8) is 0 Å². The Bertz CT molecular complexity index is 2100. The molecule has 4 aromatic rings. The van der Waals surface area contributed by atoms with E-state index >= 15 is 4.39 Å². The van der Waals surface area contributed by atoms with E-state index in [0.717, 1.165) is 27.9 Å². The molecule has 2 amide bonds. The van der Waals surface area contributed by atoms with Crippen LogP contribution in [0.3, 0.4) is 0 Å². The molecule has 2 atom stereocenters. The minimum Gasteiger partial charge on any atom is -0.493 e. The molecule has 1 saturated heterocycles. The lowest BCUT2D eigenvalue weighted by molar-refractivity contribution is -0.141. The number of rotatable bonds is 9. The van der Waals surface area contributed by atoms with Crippen LogP contribution in [0.15, 0.2) is 42.5 Å². The molecule has 2 unspecified atom stereocenters. The second-order valence-electron chi connectivity index (χ2n) is 13.5. The fourth-order valence-corrected chi connectivity index (χ4v) is 8.18. The minimum absolute atomic E-state index is 0.0135. The van der Waals surface area contributed by atoms with Gasteiger partial charge in [0.15, 0.2) is 17.3 Å². The Morgan fingerprint density at radius 3 is 2.56 bits per heavy atom. The molecule has 7 rings (SSSR count). The number of aromatic nitrogens is 2. The molecule has 14 heteroatoms. The maximum Gasteiger partial charge on any atom is 0.307 e. The van der Waals surface area contributed by atoms with Crippen LogP contribution in [0.5, 0.6) is 11.5 Å². The van der Waals surface area contributed by atoms with E-state index in [-0.39, 0.29) is 28.3 Å². The zero-order chi connectivity index (χ0) is 36.8. The summed E-state index contributed by atoms with van der Waals surface area (Å²) in [4.78, 5) is 45.1. The van der Waals surface area contributed by atoms with Gasteiger partial charge in [0.25, 0.3) is 5.91 Å². The van der Waals surface area contributed by atoms with Gasteiger partial charge in [0.2, 0.25) is 11.7 Å². The maximum atomic E-state index is 16.0. The summed E-state index contributed by atoms with van der Waals surface area (Å²) < 4.78 is 29.5.